The Morgan fingerprint density at radius 2 is 1.33 bits per heavy atom. The molecule has 0 aromatic heterocycles. The van der Waals surface area contributed by atoms with Crippen LogP contribution in [0.5, 0.6) is 0 Å². The van der Waals surface area contributed by atoms with E-state index in [9.17, 15) is 0 Å². The Morgan fingerprint density at radius 3 is 1.33 bits per heavy atom. The molecule has 5 nitrogen and oxygen atoms in total. The second kappa shape index (κ2) is 8.90. The van der Waals surface area contributed by atoms with Gasteiger partial charge in [0.05, 0.1) is 5.09 Å². The number of hydrogen-bond acceptors (Lipinski definition) is 3. The van der Waals surface area contributed by atoms with Crippen LogP contribution in [0.1, 0.15) is 0 Å². The Bertz CT molecular complexity index is 30.5. The minimum absolute atomic E-state index is 0. The van der Waals surface area contributed by atoms with Crippen molar-refractivity contribution >= 4 is 26.2 Å². The summed E-state index contributed by atoms with van der Waals surface area (Å²) in [5, 5.41) is 14.8. The van der Waals surface area contributed by atoms with Crippen molar-refractivity contribution in [2.24, 2.45) is 0 Å². The van der Waals surface area contributed by atoms with Gasteiger partial charge in [0.15, 0.2) is 0 Å². The van der Waals surface area contributed by atoms with Gasteiger partial charge in [0.25, 0.3) is 0 Å². The Balaban J connectivity index is -0.0000000450. The van der Waals surface area contributed by atoms with Crippen LogP contribution in [0.15, 0.2) is 0 Å². The molecule has 0 heterocycles. The van der Waals surface area contributed by atoms with Gasteiger partial charge in [-0.1, -0.05) is 0 Å². The van der Waals surface area contributed by atoms with E-state index in [0.29, 0.717) is 0 Å². The molecule has 0 aliphatic rings. The summed E-state index contributed by atoms with van der Waals surface area (Å²) in [5.41, 5.74) is 0. The van der Waals surface area contributed by atoms with Crippen LogP contribution in [0, 0.1) is 15.3 Å². The van der Waals surface area contributed by atoms with E-state index >= 15 is 0 Å². The maximum atomic E-state index is 8.25. The normalized spacial score (nSPS) is 4.00. The topological polar surface area (TPSA) is 94.7 Å². The molecule has 34 valence electrons. The summed E-state index contributed by atoms with van der Waals surface area (Å²) < 4.78 is 0. The second-order valence-corrected chi connectivity index (χ2v) is 0.224. The van der Waals surface area contributed by atoms with E-state index < -0.39 is 5.09 Å². The van der Waals surface area contributed by atoms with Crippen molar-refractivity contribution < 1.29 is 10.6 Å². The van der Waals surface area contributed by atoms with Gasteiger partial charge >= 0.3 is 26.2 Å². The van der Waals surface area contributed by atoms with Crippen LogP contribution in [0.4, 0.5) is 0 Å². The molecule has 0 saturated heterocycles. The molecule has 6 heavy (non-hydrogen) atoms. The number of nitrogens with zero attached hydrogens (tertiary/aromatic N) is 1. The minimum Gasteiger partial charge on any atom is -2.00 e. The molecule has 0 rings (SSSR count). The van der Waals surface area contributed by atoms with Crippen LogP contribution in [-0.2, 0) is 5.48 Å². The van der Waals surface area contributed by atoms with Crippen molar-refractivity contribution in [3.63, 3.8) is 0 Å². The van der Waals surface area contributed by atoms with E-state index in [2.05, 4.69) is 0 Å². The van der Waals surface area contributed by atoms with Crippen LogP contribution >= 0.6 is 0 Å². The molecule has 0 N–H and O–H groups in total. The Morgan fingerprint density at radius 1 is 1.33 bits per heavy atom. The smallest absolute Gasteiger partial charge is 2.00 e. The molecule has 0 aliphatic heterocycles. The summed E-state index contributed by atoms with van der Waals surface area (Å²) in [4.78, 5) is 8.25. The molecule has 0 fully saturated rings. The molecule has 0 aromatic carbocycles. The first-order valence-electron chi connectivity index (χ1n) is 0.548. The molecule has 0 bridgehead atoms. The Hall–Kier alpha value is 0.0431. The first kappa shape index (κ1) is 16.6. The van der Waals surface area contributed by atoms with Crippen LogP contribution < -0.4 is 0 Å². The van der Waals surface area contributed by atoms with Crippen LogP contribution in [0.2, 0.25) is 0 Å². The van der Waals surface area contributed by atoms with Crippen LogP contribution in [0.25, 0.3) is 0 Å². The third-order valence-electron chi connectivity index (χ3n) is 0. The largest absolute Gasteiger partial charge is 3.00 e. The summed E-state index contributed by atoms with van der Waals surface area (Å²) >= 11 is 0. The molecule has 2 radical (unpaired) electrons. The second-order valence-electron chi connectivity index (χ2n) is 0.224. The van der Waals surface area contributed by atoms with Crippen molar-refractivity contribution in [1.29, 1.82) is 0 Å². The fourth-order valence-electron chi connectivity index (χ4n) is 0. The number of hydrogen-bond donors (Lipinski definition) is 0. The van der Waals surface area contributed by atoms with Gasteiger partial charge in [0.1, 0.15) is 0 Å². The summed E-state index contributed by atoms with van der Waals surface area (Å²) in [6, 6.07) is 0. The van der Waals surface area contributed by atoms with E-state index in [1.807, 2.05) is 0 Å². The third-order valence-corrected chi connectivity index (χ3v) is 0. The molecule has 0 aromatic rings. The van der Waals surface area contributed by atoms with Gasteiger partial charge in [0, 0.05) is 0 Å². The van der Waals surface area contributed by atoms with Crippen molar-refractivity contribution in [3.05, 3.63) is 15.3 Å². The van der Waals surface area contributed by atoms with E-state index in [4.69, 9.17) is 15.3 Å². The van der Waals surface area contributed by atoms with Crippen LogP contribution in [-0.4, -0.2) is 31.3 Å². The molecule has 0 unspecified atom stereocenters. The van der Waals surface area contributed by atoms with E-state index in [1.165, 1.54) is 0 Å². The molecule has 6 heteroatoms. The molecular weight excluding hydrogens is 287 g/mol. The minimum atomic E-state index is -1.75. The zero-order valence-electron chi connectivity index (χ0n) is 2.53. The Kier molecular flexibility index (Phi) is 24.6. The molecule has 0 spiro atoms. The van der Waals surface area contributed by atoms with Gasteiger partial charge in [-0.2, -0.15) is 0 Å². The predicted molar refractivity (Wildman–Crippen MR) is 16.8 cm³/mol. The first-order chi connectivity index (χ1) is 1.73. The third kappa shape index (κ3) is 20100. The van der Waals surface area contributed by atoms with E-state index in [-0.39, 0.29) is 31.7 Å². The standard InChI is InChI=1S/Bi.NO3.O/c;2-1(3)4;/q+3;-1;-2. The van der Waals surface area contributed by atoms with Crippen molar-refractivity contribution in [1.82, 2.24) is 0 Å². The average molecular weight is 287 g/mol. The zero-order valence-corrected chi connectivity index (χ0v) is 6.00. The van der Waals surface area contributed by atoms with Gasteiger partial charge in [-0.25, -0.2) is 0 Å². The summed E-state index contributed by atoms with van der Waals surface area (Å²) in [5.74, 6) is 0. The number of rotatable bonds is 0. The molecule has 0 atom stereocenters. The maximum absolute atomic E-state index is 8.25. The van der Waals surface area contributed by atoms with Gasteiger partial charge in [-0.05, 0) is 0 Å². The molecule has 0 saturated carbocycles. The van der Waals surface area contributed by atoms with Crippen molar-refractivity contribution in [2.45, 2.75) is 0 Å². The maximum Gasteiger partial charge on any atom is 3.00 e. The quantitative estimate of drug-likeness (QED) is 0.333. The first-order valence-corrected chi connectivity index (χ1v) is 0.548. The van der Waals surface area contributed by atoms with Crippen LogP contribution in [0.3, 0.4) is 0 Å². The summed E-state index contributed by atoms with van der Waals surface area (Å²) in [7, 11) is 0. The van der Waals surface area contributed by atoms with Crippen molar-refractivity contribution in [2.75, 3.05) is 0 Å². The predicted octanol–water partition coefficient (Wildman–Crippen LogP) is -0.739. The zero-order chi connectivity index (χ0) is 3.58. The Labute approximate surface area is 52.5 Å². The van der Waals surface area contributed by atoms with Crippen molar-refractivity contribution in [3.8, 4) is 0 Å². The molecular formula is BiNO4. The fourth-order valence-corrected chi connectivity index (χ4v) is 0. The van der Waals surface area contributed by atoms with Gasteiger partial charge < -0.3 is 20.8 Å². The van der Waals surface area contributed by atoms with Gasteiger partial charge in [-0.15, -0.1) is 0 Å². The van der Waals surface area contributed by atoms with E-state index in [0.717, 1.165) is 0 Å². The monoisotopic (exact) mass is 287 g/mol. The summed E-state index contributed by atoms with van der Waals surface area (Å²) in [6.45, 7) is 0. The SMILES string of the molecule is O=[N+]([O-])[O-].[Bi+3].[O-2]. The van der Waals surface area contributed by atoms with E-state index in [1.54, 1.807) is 0 Å². The molecule has 0 aliphatic carbocycles. The van der Waals surface area contributed by atoms with Gasteiger partial charge in [0.2, 0.25) is 0 Å². The summed E-state index contributed by atoms with van der Waals surface area (Å²) in [6.07, 6.45) is 0. The molecule has 0 amide bonds. The van der Waals surface area contributed by atoms with Gasteiger partial charge in [-0.3, -0.25) is 0 Å². The average Bonchev–Trinajstić information content (AvgIpc) is 0.811. The fraction of sp³-hybridized carbons (Fsp3) is 0.